The first-order valence-electron chi connectivity index (χ1n) is 6.74. The molecule has 0 spiro atoms. The van der Waals surface area contributed by atoms with Gasteiger partial charge in [0.1, 0.15) is 5.75 Å². The van der Waals surface area contributed by atoms with Gasteiger partial charge in [-0.1, -0.05) is 40.2 Å². The summed E-state index contributed by atoms with van der Waals surface area (Å²) in [6, 6.07) is 14.6. The van der Waals surface area contributed by atoms with Crippen LogP contribution in [0.1, 0.15) is 29.2 Å². The maximum atomic E-state index is 6.27. The first kappa shape index (κ1) is 15.1. The molecular weight excluding hydrogens is 314 g/mol. The highest BCUT2D eigenvalue weighted by molar-refractivity contribution is 9.10. The minimum atomic E-state index is 0.0639. The van der Waals surface area contributed by atoms with E-state index in [-0.39, 0.29) is 6.04 Å². The predicted octanol–water partition coefficient (Wildman–Crippen LogP) is 4.40. The minimum absolute atomic E-state index is 0.0639. The molecule has 2 N–H and O–H groups in total. The summed E-state index contributed by atoms with van der Waals surface area (Å²) >= 11 is 3.56. The number of nitrogens with two attached hydrogens (primary N) is 1. The lowest BCUT2D eigenvalue weighted by Gasteiger charge is -2.13. The topological polar surface area (TPSA) is 35.2 Å². The van der Waals surface area contributed by atoms with Crippen LogP contribution >= 0.6 is 15.9 Å². The first-order chi connectivity index (χ1) is 9.60. The van der Waals surface area contributed by atoms with Crippen molar-refractivity contribution in [2.24, 2.45) is 5.73 Å². The quantitative estimate of drug-likeness (QED) is 0.880. The first-order valence-corrected chi connectivity index (χ1v) is 7.54. The molecule has 1 atom stereocenters. The van der Waals surface area contributed by atoms with Gasteiger partial charge >= 0.3 is 0 Å². The Bertz CT molecular complexity index is 566. The summed E-state index contributed by atoms with van der Waals surface area (Å²) < 4.78 is 6.28. The highest BCUT2D eigenvalue weighted by atomic mass is 79.9. The molecule has 0 heterocycles. The Kier molecular flexibility index (Phi) is 5.21. The zero-order valence-electron chi connectivity index (χ0n) is 11.9. The van der Waals surface area contributed by atoms with E-state index in [0.29, 0.717) is 0 Å². The molecule has 0 aromatic heterocycles. The van der Waals surface area contributed by atoms with Crippen molar-refractivity contribution in [2.75, 3.05) is 7.11 Å². The Hall–Kier alpha value is -1.32. The number of benzene rings is 2. The van der Waals surface area contributed by atoms with Crippen molar-refractivity contribution < 1.29 is 4.74 Å². The van der Waals surface area contributed by atoms with Crippen LogP contribution in [0.15, 0.2) is 46.9 Å². The second-order valence-corrected chi connectivity index (χ2v) is 5.86. The summed E-state index contributed by atoms with van der Waals surface area (Å²) in [4.78, 5) is 0. The van der Waals surface area contributed by atoms with Crippen molar-refractivity contribution in [1.82, 2.24) is 0 Å². The van der Waals surface area contributed by atoms with Gasteiger partial charge in [-0.25, -0.2) is 0 Å². The molecule has 0 amide bonds. The van der Waals surface area contributed by atoms with Crippen molar-refractivity contribution in [2.45, 2.75) is 25.8 Å². The average molecular weight is 334 g/mol. The Morgan fingerprint density at radius 3 is 2.45 bits per heavy atom. The van der Waals surface area contributed by atoms with Crippen LogP contribution < -0.4 is 10.5 Å². The molecule has 0 saturated carbocycles. The fraction of sp³-hybridized carbons (Fsp3) is 0.294. The minimum Gasteiger partial charge on any atom is -0.497 e. The Labute approximate surface area is 129 Å². The summed E-state index contributed by atoms with van der Waals surface area (Å²) in [5, 5.41) is 0. The lowest BCUT2D eigenvalue weighted by atomic mass is 9.99. The third-order valence-corrected chi connectivity index (χ3v) is 4.38. The summed E-state index contributed by atoms with van der Waals surface area (Å²) in [6.45, 7) is 2.08. The average Bonchev–Trinajstić information content (AvgIpc) is 2.48. The molecule has 2 nitrogen and oxygen atoms in total. The molecule has 2 aromatic carbocycles. The highest BCUT2D eigenvalue weighted by Gasteiger charge is 2.08. The standard InChI is InChI=1S/C17H20BrNO/c1-12-3-7-14(11-16(12)18)17(19)10-6-13-4-8-15(20-2)9-5-13/h3-5,7-9,11,17H,6,10,19H2,1-2H3. The maximum Gasteiger partial charge on any atom is 0.118 e. The molecule has 0 aliphatic rings. The zero-order chi connectivity index (χ0) is 14.5. The van der Waals surface area contributed by atoms with Crippen LogP contribution in [0.25, 0.3) is 0 Å². The molecule has 106 valence electrons. The van der Waals surface area contributed by atoms with Crippen LogP contribution in [0.2, 0.25) is 0 Å². The summed E-state index contributed by atoms with van der Waals surface area (Å²) in [7, 11) is 1.68. The van der Waals surface area contributed by atoms with E-state index in [1.54, 1.807) is 7.11 Å². The summed E-state index contributed by atoms with van der Waals surface area (Å²) in [6.07, 6.45) is 1.90. The molecule has 2 aromatic rings. The Balaban J connectivity index is 1.96. The highest BCUT2D eigenvalue weighted by Crippen LogP contribution is 2.23. The molecule has 0 aliphatic carbocycles. The van der Waals surface area contributed by atoms with E-state index in [9.17, 15) is 0 Å². The molecule has 20 heavy (non-hydrogen) atoms. The number of ether oxygens (including phenoxy) is 1. The molecular formula is C17H20BrNO. The molecule has 0 saturated heterocycles. The fourth-order valence-electron chi connectivity index (χ4n) is 2.12. The Morgan fingerprint density at radius 1 is 1.15 bits per heavy atom. The van der Waals surface area contributed by atoms with Crippen molar-refractivity contribution in [3.05, 3.63) is 63.6 Å². The largest absolute Gasteiger partial charge is 0.497 e. The van der Waals surface area contributed by atoms with E-state index in [0.717, 1.165) is 23.1 Å². The number of rotatable bonds is 5. The maximum absolute atomic E-state index is 6.27. The number of halogens is 1. The molecule has 0 fully saturated rings. The van der Waals surface area contributed by atoms with Crippen molar-refractivity contribution in [3.8, 4) is 5.75 Å². The van der Waals surface area contributed by atoms with Crippen molar-refractivity contribution in [1.29, 1.82) is 0 Å². The third kappa shape index (κ3) is 3.84. The van der Waals surface area contributed by atoms with Gasteiger partial charge in [0.25, 0.3) is 0 Å². The number of aryl methyl sites for hydroxylation is 2. The second-order valence-electron chi connectivity index (χ2n) is 5.00. The van der Waals surface area contributed by atoms with Crippen LogP contribution in [0.5, 0.6) is 5.75 Å². The molecule has 3 heteroatoms. The molecule has 0 aliphatic heterocycles. The van der Waals surface area contributed by atoms with Gasteiger partial charge in [-0.2, -0.15) is 0 Å². The van der Waals surface area contributed by atoms with Gasteiger partial charge in [0.05, 0.1) is 7.11 Å². The predicted molar refractivity (Wildman–Crippen MR) is 87.1 cm³/mol. The second kappa shape index (κ2) is 6.91. The van der Waals surface area contributed by atoms with Gasteiger partial charge in [0.15, 0.2) is 0 Å². The molecule has 0 radical (unpaired) electrons. The lowest BCUT2D eigenvalue weighted by Crippen LogP contribution is -2.11. The van der Waals surface area contributed by atoms with Crippen LogP contribution in [0.3, 0.4) is 0 Å². The van der Waals surface area contributed by atoms with Crippen molar-refractivity contribution >= 4 is 15.9 Å². The van der Waals surface area contributed by atoms with Gasteiger partial charge in [0.2, 0.25) is 0 Å². The smallest absolute Gasteiger partial charge is 0.118 e. The summed E-state index contributed by atoms with van der Waals surface area (Å²) in [5.41, 5.74) is 9.97. The lowest BCUT2D eigenvalue weighted by molar-refractivity contribution is 0.414. The third-order valence-electron chi connectivity index (χ3n) is 3.53. The van der Waals surface area contributed by atoms with E-state index >= 15 is 0 Å². The fourth-order valence-corrected chi connectivity index (χ4v) is 2.52. The van der Waals surface area contributed by atoms with Crippen LogP contribution in [0, 0.1) is 6.92 Å². The van der Waals surface area contributed by atoms with E-state index in [1.807, 2.05) is 12.1 Å². The number of hydrogen-bond donors (Lipinski definition) is 1. The number of hydrogen-bond acceptors (Lipinski definition) is 2. The molecule has 1 unspecified atom stereocenters. The molecule has 0 bridgehead atoms. The van der Waals surface area contributed by atoms with Gasteiger partial charge in [-0.05, 0) is 54.7 Å². The van der Waals surface area contributed by atoms with E-state index in [4.69, 9.17) is 10.5 Å². The van der Waals surface area contributed by atoms with Crippen LogP contribution in [-0.2, 0) is 6.42 Å². The zero-order valence-corrected chi connectivity index (χ0v) is 13.5. The van der Waals surface area contributed by atoms with Gasteiger partial charge < -0.3 is 10.5 Å². The van der Waals surface area contributed by atoms with E-state index in [2.05, 4.69) is 53.2 Å². The van der Waals surface area contributed by atoms with Crippen LogP contribution in [-0.4, -0.2) is 7.11 Å². The summed E-state index contributed by atoms with van der Waals surface area (Å²) in [5.74, 6) is 0.889. The monoisotopic (exact) mass is 333 g/mol. The number of methoxy groups -OCH3 is 1. The van der Waals surface area contributed by atoms with Gasteiger partial charge in [0, 0.05) is 10.5 Å². The van der Waals surface area contributed by atoms with Crippen LogP contribution in [0.4, 0.5) is 0 Å². The van der Waals surface area contributed by atoms with E-state index < -0.39 is 0 Å². The van der Waals surface area contributed by atoms with Gasteiger partial charge in [-0.3, -0.25) is 0 Å². The Morgan fingerprint density at radius 2 is 1.85 bits per heavy atom. The van der Waals surface area contributed by atoms with Gasteiger partial charge in [-0.15, -0.1) is 0 Å². The normalized spacial score (nSPS) is 12.2. The van der Waals surface area contributed by atoms with E-state index in [1.165, 1.54) is 16.7 Å². The SMILES string of the molecule is COc1ccc(CCC(N)c2ccc(C)c(Br)c2)cc1. The van der Waals surface area contributed by atoms with Crippen molar-refractivity contribution in [3.63, 3.8) is 0 Å². The molecule has 2 rings (SSSR count).